The largest absolute Gasteiger partial charge is 0.338 e. The third kappa shape index (κ3) is 3.92. The van der Waals surface area contributed by atoms with Gasteiger partial charge in [0.15, 0.2) is 0 Å². The zero-order chi connectivity index (χ0) is 23.3. The van der Waals surface area contributed by atoms with Gasteiger partial charge in [0.05, 0.1) is 17.2 Å². The van der Waals surface area contributed by atoms with E-state index in [0.29, 0.717) is 13.0 Å². The van der Waals surface area contributed by atoms with Crippen LogP contribution >= 0.6 is 0 Å². The number of carbonyl (C=O) groups excluding carboxylic acids is 1. The quantitative estimate of drug-likeness (QED) is 0.676. The van der Waals surface area contributed by atoms with Crippen LogP contribution in [0.15, 0.2) is 42.5 Å². The topological polar surface area (TPSA) is 66.5 Å². The van der Waals surface area contributed by atoms with E-state index in [0.717, 1.165) is 12.1 Å². The van der Waals surface area contributed by atoms with E-state index in [1.807, 2.05) is 0 Å². The first-order chi connectivity index (χ1) is 15.1. The van der Waals surface area contributed by atoms with E-state index >= 15 is 4.39 Å². The number of amides is 1. The number of hydrogen-bond donors (Lipinski definition) is 1. The van der Waals surface area contributed by atoms with Crippen LogP contribution in [-0.2, 0) is 20.5 Å². The molecule has 1 saturated heterocycles. The van der Waals surface area contributed by atoms with E-state index in [9.17, 15) is 22.0 Å². The fourth-order valence-corrected chi connectivity index (χ4v) is 5.37. The van der Waals surface area contributed by atoms with Gasteiger partial charge < -0.3 is 4.90 Å². The standard InChI is InChI=1S/C23H25F3N2O3S/c1-3-32(30,31)27-14(2)20-11-12-28(20)22(29)17-13-23(17,26)16-8-5-4-7-15(16)21-18(24)9-6-10-19(21)25/h4-10,14,17,20,27H,3,11-13H2,1-2H3/t14-,17+,20+,23-/m1/s1. The lowest BCUT2D eigenvalue weighted by atomic mass is 9.92. The van der Waals surface area contributed by atoms with Gasteiger partial charge in [0.1, 0.15) is 17.3 Å². The molecule has 2 fully saturated rings. The first-order valence-corrected chi connectivity index (χ1v) is 12.3. The molecular weight excluding hydrogens is 441 g/mol. The number of likely N-dealkylation sites (tertiary alicyclic amines) is 1. The lowest BCUT2D eigenvalue weighted by Gasteiger charge is -2.44. The summed E-state index contributed by atoms with van der Waals surface area (Å²) in [6, 6.07) is 8.67. The van der Waals surface area contributed by atoms with Gasteiger partial charge in [0, 0.05) is 25.0 Å². The maximum absolute atomic E-state index is 15.9. The van der Waals surface area contributed by atoms with E-state index in [4.69, 9.17) is 0 Å². The van der Waals surface area contributed by atoms with Crippen LogP contribution in [0.4, 0.5) is 13.2 Å². The zero-order valence-corrected chi connectivity index (χ0v) is 18.6. The molecule has 1 aliphatic carbocycles. The highest BCUT2D eigenvalue weighted by Crippen LogP contribution is 2.59. The minimum absolute atomic E-state index is 0.0718. The number of nitrogens with zero attached hydrogens (tertiary/aromatic N) is 1. The van der Waals surface area contributed by atoms with Crippen molar-refractivity contribution in [3.05, 3.63) is 59.7 Å². The number of benzene rings is 2. The van der Waals surface area contributed by atoms with Crippen LogP contribution in [0.2, 0.25) is 0 Å². The Labute approximate surface area is 185 Å². The lowest BCUT2D eigenvalue weighted by Crippen LogP contribution is -2.60. The normalized spacial score (nSPS) is 25.8. The van der Waals surface area contributed by atoms with Crippen molar-refractivity contribution in [3.8, 4) is 11.1 Å². The molecular formula is C23H25F3N2O3S. The van der Waals surface area contributed by atoms with Crippen molar-refractivity contribution < 1.29 is 26.4 Å². The van der Waals surface area contributed by atoms with Gasteiger partial charge in [-0.25, -0.2) is 26.3 Å². The number of halogens is 3. The van der Waals surface area contributed by atoms with Crippen molar-refractivity contribution in [1.29, 1.82) is 0 Å². The molecule has 4 atom stereocenters. The first-order valence-electron chi connectivity index (χ1n) is 10.6. The number of carbonyl (C=O) groups is 1. The Morgan fingerprint density at radius 2 is 1.84 bits per heavy atom. The van der Waals surface area contributed by atoms with Gasteiger partial charge in [-0.2, -0.15) is 0 Å². The predicted molar refractivity (Wildman–Crippen MR) is 115 cm³/mol. The van der Waals surface area contributed by atoms with Gasteiger partial charge in [-0.1, -0.05) is 30.3 Å². The Bertz CT molecular complexity index is 1140. The second kappa shape index (κ2) is 8.19. The lowest BCUT2D eigenvalue weighted by molar-refractivity contribution is -0.142. The summed E-state index contributed by atoms with van der Waals surface area (Å²) in [5, 5.41) is 0. The van der Waals surface area contributed by atoms with Crippen LogP contribution in [0.25, 0.3) is 11.1 Å². The second-order valence-electron chi connectivity index (χ2n) is 8.46. The average Bonchev–Trinajstić information content (AvgIpc) is 3.40. The van der Waals surface area contributed by atoms with Crippen molar-refractivity contribution in [3.63, 3.8) is 0 Å². The highest BCUT2D eigenvalue weighted by Gasteiger charge is 2.63. The Kier molecular flexibility index (Phi) is 5.83. The molecule has 0 spiro atoms. The van der Waals surface area contributed by atoms with Crippen molar-refractivity contribution in [2.75, 3.05) is 12.3 Å². The molecule has 0 radical (unpaired) electrons. The smallest absolute Gasteiger partial charge is 0.229 e. The first kappa shape index (κ1) is 22.8. The van der Waals surface area contributed by atoms with Crippen LogP contribution in [-0.4, -0.2) is 43.6 Å². The summed E-state index contributed by atoms with van der Waals surface area (Å²) < 4.78 is 71.0. The fraction of sp³-hybridized carbons (Fsp3) is 0.435. The molecule has 0 unspecified atom stereocenters. The van der Waals surface area contributed by atoms with Crippen LogP contribution in [0, 0.1) is 17.6 Å². The molecule has 32 heavy (non-hydrogen) atoms. The molecule has 1 aliphatic heterocycles. The molecule has 1 heterocycles. The van der Waals surface area contributed by atoms with Gasteiger partial charge in [0.2, 0.25) is 15.9 Å². The molecule has 1 N–H and O–H groups in total. The summed E-state index contributed by atoms with van der Waals surface area (Å²) in [6.45, 7) is 3.62. The molecule has 172 valence electrons. The number of alkyl halides is 1. The van der Waals surface area contributed by atoms with Crippen LogP contribution in [0.3, 0.4) is 0 Å². The molecule has 5 nitrogen and oxygen atoms in total. The van der Waals surface area contributed by atoms with Crippen LogP contribution < -0.4 is 4.72 Å². The molecule has 0 bridgehead atoms. The molecule has 0 aromatic heterocycles. The van der Waals surface area contributed by atoms with E-state index < -0.39 is 45.2 Å². The maximum atomic E-state index is 15.9. The van der Waals surface area contributed by atoms with Gasteiger partial charge in [0.25, 0.3) is 0 Å². The third-order valence-corrected chi connectivity index (χ3v) is 7.96. The number of sulfonamides is 1. The molecule has 1 saturated carbocycles. The molecule has 1 amide bonds. The highest BCUT2D eigenvalue weighted by atomic mass is 32.2. The van der Waals surface area contributed by atoms with Crippen molar-refractivity contribution >= 4 is 15.9 Å². The summed E-state index contributed by atoms with van der Waals surface area (Å²) in [6.07, 6.45) is 0.527. The minimum Gasteiger partial charge on any atom is -0.338 e. The van der Waals surface area contributed by atoms with Gasteiger partial charge in [-0.3, -0.25) is 4.79 Å². The van der Waals surface area contributed by atoms with E-state index in [1.54, 1.807) is 19.1 Å². The average molecular weight is 467 g/mol. The maximum Gasteiger partial charge on any atom is 0.229 e. The monoisotopic (exact) mass is 466 g/mol. The molecule has 2 aromatic carbocycles. The third-order valence-electron chi connectivity index (χ3n) is 6.47. The Morgan fingerprint density at radius 3 is 2.44 bits per heavy atom. The SMILES string of the molecule is CCS(=O)(=O)N[C@H](C)[C@@H]1CCN1C(=O)[C@@H]1C[C@@]1(F)c1ccccc1-c1c(F)cccc1F. The van der Waals surface area contributed by atoms with Crippen LogP contribution in [0.1, 0.15) is 32.3 Å². The fourth-order valence-electron chi connectivity index (χ4n) is 4.48. The van der Waals surface area contributed by atoms with Crippen LogP contribution in [0.5, 0.6) is 0 Å². The summed E-state index contributed by atoms with van der Waals surface area (Å²) in [4.78, 5) is 14.6. The zero-order valence-electron chi connectivity index (χ0n) is 17.8. The Hall–Kier alpha value is -2.39. The van der Waals surface area contributed by atoms with Crippen molar-refractivity contribution in [2.24, 2.45) is 5.92 Å². The summed E-state index contributed by atoms with van der Waals surface area (Å²) in [7, 11) is -3.44. The van der Waals surface area contributed by atoms with E-state index in [1.165, 1.54) is 30.0 Å². The molecule has 2 aliphatic rings. The van der Waals surface area contributed by atoms with Crippen molar-refractivity contribution in [2.45, 2.75) is 44.4 Å². The summed E-state index contributed by atoms with van der Waals surface area (Å²) in [5.41, 5.74) is -2.18. The molecule has 4 rings (SSSR count). The van der Waals surface area contributed by atoms with Crippen molar-refractivity contribution in [1.82, 2.24) is 9.62 Å². The second-order valence-corrected chi connectivity index (χ2v) is 10.5. The molecule has 9 heteroatoms. The Morgan fingerprint density at radius 1 is 1.19 bits per heavy atom. The molecule has 2 aromatic rings. The van der Waals surface area contributed by atoms with Gasteiger partial charge in [-0.15, -0.1) is 0 Å². The summed E-state index contributed by atoms with van der Waals surface area (Å²) >= 11 is 0. The number of hydrogen-bond acceptors (Lipinski definition) is 3. The highest BCUT2D eigenvalue weighted by molar-refractivity contribution is 7.89. The van der Waals surface area contributed by atoms with E-state index in [-0.39, 0.29) is 34.9 Å². The van der Waals surface area contributed by atoms with Gasteiger partial charge >= 0.3 is 0 Å². The summed E-state index contributed by atoms with van der Waals surface area (Å²) in [5.74, 6) is -3.06. The van der Waals surface area contributed by atoms with Gasteiger partial charge in [-0.05, 0) is 43.5 Å². The minimum atomic E-state index is -3.44. The predicted octanol–water partition coefficient (Wildman–Crippen LogP) is 3.75. The number of rotatable bonds is 7. The number of nitrogens with one attached hydrogen (secondary N) is 1. The van der Waals surface area contributed by atoms with E-state index in [2.05, 4.69) is 4.72 Å². The Balaban J connectivity index is 1.56.